The third-order valence-corrected chi connectivity index (χ3v) is 3.61. The maximum absolute atomic E-state index is 12.5. The number of nitro groups is 1. The van der Waals surface area contributed by atoms with Crippen molar-refractivity contribution in [3.63, 3.8) is 0 Å². The molecule has 1 amide bonds. The summed E-state index contributed by atoms with van der Waals surface area (Å²) in [6, 6.07) is 11.1. The minimum Gasteiger partial charge on any atom is -0.497 e. The van der Waals surface area contributed by atoms with E-state index in [4.69, 9.17) is 9.47 Å². The molecular weight excluding hydrogens is 312 g/mol. The second-order valence-corrected chi connectivity index (χ2v) is 5.10. The van der Waals surface area contributed by atoms with Gasteiger partial charge in [-0.2, -0.15) is 0 Å². The molecule has 24 heavy (non-hydrogen) atoms. The number of benzene rings is 2. The van der Waals surface area contributed by atoms with Crippen molar-refractivity contribution >= 4 is 17.3 Å². The number of carbonyl (C=O) groups is 1. The average Bonchev–Trinajstić information content (AvgIpc) is 2.60. The van der Waals surface area contributed by atoms with Crippen LogP contribution in [0, 0.1) is 10.1 Å². The van der Waals surface area contributed by atoms with E-state index < -0.39 is 10.8 Å². The van der Waals surface area contributed by atoms with Crippen LogP contribution in [0.15, 0.2) is 42.5 Å². The van der Waals surface area contributed by atoms with Crippen LogP contribution in [0.3, 0.4) is 0 Å². The van der Waals surface area contributed by atoms with Gasteiger partial charge in [-0.15, -0.1) is 0 Å². The second-order valence-electron chi connectivity index (χ2n) is 5.10. The van der Waals surface area contributed by atoms with Crippen LogP contribution in [0.4, 0.5) is 11.4 Å². The van der Waals surface area contributed by atoms with E-state index in [0.29, 0.717) is 11.4 Å². The topological polar surface area (TPSA) is 90.7 Å². The Hall–Kier alpha value is -2.93. The number of nitrogens with one attached hydrogen (secondary N) is 1. The lowest BCUT2D eigenvalue weighted by Crippen LogP contribution is -2.14. The molecule has 1 N–H and O–H groups in total. The minimum atomic E-state index is -0.599. The summed E-state index contributed by atoms with van der Waals surface area (Å²) in [5, 5.41) is 13.8. The van der Waals surface area contributed by atoms with Crippen molar-refractivity contribution in [3.05, 3.63) is 63.7 Å². The summed E-state index contributed by atoms with van der Waals surface area (Å²) in [5.41, 5.74) is 1.06. The molecule has 0 aliphatic rings. The SMILES string of the molecule is COc1ccc([N+](=O)[O-])c(C(=O)Nc2cccc([C@H](C)OC)c2)c1. The normalized spacial score (nSPS) is 11.6. The number of methoxy groups -OCH3 is 2. The summed E-state index contributed by atoms with van der Waals surface area (Å²) in [6.07, 6.45) is -0.131. The van der Waals surface area contributed by atoms with Gasteiger partial charge >= 0.3 is 0 Å². The van der Waals surface area contributed by atoms with Crippen LogP contribution < -0.4 is 10.1 Å². The highest BCUT2D eigenvalue weighted by molar-refractivity contribution is 6.07. The molecule has 2 aromatic rings. The first kappa shape index (κ1) is 17.4. The van der Waals surface area contributed by atoms with E-state index >= 15 is 0 Å². The van der Waals surface area contributed by atoms with E-state index in [0.717, 1.165) is 5.56 Å². The summed E-state index contributed by atoms with van der Waals surface area (Å²) in [7, 11) is 3.02. The zero-order valence-electron chi connectivity index (χ0n) is 13.6. The van der Waals surface area contributed by atoms with Gasteiger partial charge in [0.15, 0.2) is 0 Å². The Kier molecular flexibility index (Phi) is 5.49. The van der Waals surface area contributed by atoms with Crippen molar-refractivity contribution in [2.24, 2.45) is 0 Å². The molecule has 0 aliphatic carbocycles. The molecule has 7 nitrogen and oxygen atoms in total. The molecule has 0 radical (unpaired) electrons. The molecule has 0 saturated heterocycles. The van der Waals surface area contributed by atoms with E-state index in [1.165, 1.54) is 25.3 Å². The fourth-order valence-electron chi connectivity index (χ4n) is 2.19. The number of ether oxygens (including phenoxy) is 2. The summed E-state index contributed by atoms with van der Waals surface area (Å²) in [4.78, 5) is 23.0. The average molecular weight is 330 g/mol. The van der Waals surface area contributed by atoms with Crippen molar-refractivity contribution in [2.75, 3.05) is 19.5 Å². The number of rotatable bonds is 6. The Morgan fingerprint density at radius 2 is 1.96 bits per heavy atom. The van der Waals surface area contributed by atoms with Crippen LogP contribution in [0.2, 0.25) is 0 Å². The summed E-state index contributed by atoms with van der Waals surface area (Å²) < 4.78 is 10.3. The lowest BCUT2D eigenvalue weighted by Gasteiger charge is -2.12. The highest BCUT2D eigenvalue weighted by Crippen LogP contribution is 2.26. The number of anilines is 1. The fourth-order valence-corrected chi connectivity index (χ4v) is 2.19. The summed E-state index contributed by atoms with van der Waals surface area (Å²) in [6.45, 7) is 1.88. The van der Waals surface area contributed by atoms with Gasteiger partial charge in [0.2, 0.25) is 0 Å². The van der Waals surface area contributed by atoms with Crippen molar-refractivity contribution in [2.45, 2.75) is 13.0 Å². The number of nitrogens with zero attached hydrogens (tertiary/aromatic N) is 1. The van der Waals surface area contributed by atoms with Crippen LogP contribution >= 0.6 is 0 Å². The van der Waals surface area contributed by atoms with Gasteiger partial charge in [-0.3, -0.25) is 14.9 Å². The highest BCUT2D eigenvalue weighted by Gasteiger charge is 2.21. The molecule has 1 atom stereocenters. The first-order valence-corrected chi connectivity index (χ1v) is 7.22. The number of hydrogen-bond acceptors (Lipinski definition) is 5. The minimum absolute atomic E-state index is 0.0652. The molecule has 0 fully saturated rings. The number of hydrogen-bond donors (Lipinski definition) is 1. The van der Waals surface area contributed by atoms with Gasteiger partial charge < -0.3 is 14.8 Å². The third kappa shape index (κ3) is 3.88. The van der Waals surface area contributed by atoms with Crippen molar-refractivity contribution < 1.29 is 19.2 Å². The van der Waals surface area contributed by atoms with Crippen LogP contribution in [0.1, 0.15) is 28.9 Å². The van der Waals surface area contributed by atoms with E-state index in [9.17, 15) is 14.9 Å². The Labute approximate surface area is 139 Å². The molecule has 0 aliphatic heterocycles. The molecule has 0 saturated carbocycles. The maximum Gasteiger partial charge on any atom is 0.282 e. The summed E-state index contributed by atoms with van der Waals surface area (Å²) >= 11 is 0. The molecule has 2 aromatic carbocycles. The van der Waals surface area contributed by atoms with E-state index in [1.807, 2.05) is 13.0 Å². The zero-order chi connectivity index (χ0) is 17.7. The molecule has 7 heteroatoms. The lowest BCUT2D eigenvalue weighted by atomic mass is 10.1. The van der Waals surface area contributed by atoms with Crippen molar-refractivity contribution in [1.29, 1.82) is 0 Å². The first-order valence-electron chi connectivity index (χ1n) is 7.22. The first-order chi connectivity index (χ1) is 11.5. The zero-order valence-corrected chi connectivity index (χ0v) is 13.6. The van der Waals surface area contributed by atoms with Gasteiger partial charge in [0.05, 0.1) is 18.1 Å². The maximum atomic E-state index is 12.5. The highest BCUT2D eigenvalue weighted by atomic mass is 16.6. The van der Waals surface area contributed by atoms with Gasteiger partial charge in [-0.25, -0.2) is 0 Å². The number of amides is 1. The molecule has 0 spiro atoms. The van der Waals surface area contributed by atoms with Crippen molar-refractivity contribution in [3.8, 4) is 5.75 Å². The monoisotopic (exact) mass is 330 g/mol. The smallest absolute Gasteiger partial charge is 0.282 e. The third-order valence-electron chi connectivity index (χ3n) is 3.61. The molecular formula is C17H18N2O5. The van der Waals surface area contributed by atoms with Gasteiger partial charge in [0.1, 0.15) is 11.3 Å². The molecule has 2 rings (SSSR count). The Bertz CT molecular complexity index is 760. The number of nitro benzene ring substituents is 1. The van der Waals surface area contributed by atoms with Crippen molar-refractivity contribution in [1.82, 2.24) is 0 Å². The van der Waals surface area contributed by atoms with Crippen LogP contribution in [-0.4, -0.2) is 25.1 Å². The molecule has 0 heterocycles. The molecule has 126 valence electrons. The van der Waals surface area contributed by atoms with Gasteiger partial charge in [-0.1, -0.05) is 12.1 Å². The second kappa shape index (κ2) is 7.56. The predicted molar refractivity (Wildman–Crippen MR) is 89.5 cm³/mol. The van der Waals surface area contributed by atoms with Crippen LogP contribution in [0.5, 0.6) is 5.75 Å². The predicted octanol–water partition coefficient (Wildman–Crippen LogP) is 3.56. The van der Waals surface area contributed by atoms with Gasteiger partial charge in [-0.05, 0) is 36.8 Å². The van der Waals surface area contributed by atoms with E-state index in [2.05, 4.69) is 5.32 Å². The van der Waals surface area contributed by atoms with E-state index in [1.54, 1.807) is 25.3 Å². The Balaban J connectivity index is 2.31. The quantitative estimate of drug-likeness (QED) is 0.646. The standard InChI is InChI=1S/C17H18N2O5/c1-11(23-2)12-5-4-6-13(9-12)18-17(20)15-10-14(24-3)7-8-16(15)19(21)22/h4-11H,1-3H3,(H,18,20)/t11-/m0/s1. The largest absolute Gasteiger partial charge is 0.497 e. The molecule has 0 bridgehead atoms. The fraction of sp³-hybridized carbons (Fsp3) is 0.235. The Morgan fingerprint density at radius 1 is 1.21 bits per heavy atom. The van der Waals surface area contributed by atoms with E-state index in [-0.39, 0.29) is 17.4 Å². The van der Waals surface area contributed by atoms with Gasteiger partial charge in [0.25, 0.3) is 11.6 Å². The molecule has 0 unspecified atom stereocenters. The number of carbonyl (C=O) groups excluding carboxylic acids is 1. The lowest BCUT2D eigenvalue weighted by molar-refractivity contribution is -0.385. The van der Waals surface area contributed by atoms with Crippen LogP contribution in [0.25, 0.3) is 0 Å². The van der Waals surface area contributed by atoms with Gasteiger partial charge in [0, 0.05) is 18.9 Å². The van der Waals surface area contributed by atoms with Crippen LogP contribution in [-0.2, 0) is 4.74 Å². The summed E-state index contributed by atoms with van der Waals surface area (Å²) in [5.74, 6) is -0.213. The molecule has 0 aromatic heterocycles. The Morgan fingerprint density at radius 3 is 2.58 bits per heavy atom.